The van der Waals surface area contributed by atoms with Crippen molar-refractivity contribution in [2.24, 2.45) is 0 Å². The third kappa shape index (κ3) is 4.07. The molecule has 5 nitrogen and oxygen atoms in total. The minimum atomic E-state index is -0.924. The SMILES string of the molecule is CCOc1ccc(F)c(F)c1[C@@H]1C[C@H]1NC(=O)Nc1ccc(Br)cn1. The first-order chi connectivity index (χ1) is 12.0. The van der Waals surface area contributed by atoms with E-state index in [1.165, 1.54) is 6.07 Å². The Kier molecular flexibility index (Phi) is 5.17. The predicted molar refractivity (Wildman–Crippen MR) is 92.8 cm³/mol. The van der Waals surface area contributed by atoms with Gasteiger partial charge in [0.2, 0.25) is 0 Å². The molecule has 1 aliphatic rings. The molecule has 2 aromatic rings. The van der Waals surface area contributed by atoms with E-state index in [9.17, 15) is 13.6 Å². The Morgan fingerprint density at radius 2 is 2.16 bits per heavy atom. The Morgan fingerprint density at radius 1 is 1.36 bits per heavy atom. The van der Waals surface area contributed by atoms with Crippen molar-refractivity contribution >= 4 is 27.8 Å². The number of carbonyl (C=O) groups is 1. The highest BCUT2D eigenvalue weighted by molar-refractivity contribution is 9.10. The Bertz CT molecular complexity index is 786. The summed E-state index contributed by atoms with van der Waals surface area (Å²) in [4.78, 5) is 16.1. The molecule has 1 aromatic carbocycles. The molecule has 1 aromatic heterocycles. The number of aromatic nitrogens is 1. The fraction of sp³-hybridized carbons (Fsp3) is 0.294. The first-order valence-corrected chi connectivity index (χ1v) is 8.58. The predicted octanol–water partition coefficient (Wildman–Crippen LogP) is 4.20. The van der Waals surface area contributed by atoms with E-state index >= 15 is 0 Å². The molecule has 2 N–H and O–H groups in total. The van der Waals surface area contributed by atoms with Crippen LogP contribution in [0.1, 0.15) is 24.8 Å². The summed E-state index contributed by atoms with van der Waals surface area (Å²) in [7, 11) is 0. The van der Waals surface area contributed by atoms with Crippen molar-refractivity contribution in [1.29, 1.82) is 0 Å². The average molecular weight is 412 g/mol. The number of benzene rings is 1. The normalized spacial score (nSPS) is 18.6. The maximum Gasteiger partial charge on any atom is 0.320 e. The second-order valence-corrected chi connectivity index (χ2v) is 6.53. The van der Waals surface area contributed by atoms with Crippen LogP contribution in [0.15, 0.2) is 34.9 Å². The monoisotopic (exact) mass is 411 g/mol. The van der Waals surface area contributed by atoms with Crippen LogP contribution in [0, 0.1) is 11.6 Å². The maximum absolute atomic E-state index is 14.2. The van der Waals surface area contributed by atoms with Crippen LogP contribution in [0.5, 0.6) is 5.75 Å². The van der Waals surface area contributed by atoms with E-state index < -0.39 is 17.7 Å². The standard InChI is InChI=1S/C17H16BrF2N3O2/c1-2-25-13-5-4-11(19)16(20)15(13)10-7-12(10)22-17(24)23-14-6-3-9(18)8-21-14/h3-6,8,10,12H,2,7H2,1H3,(H2,21,22,23,24)/t10-,12-/m1/s1. The van der Waals surface area contributed by atoms with Crippen LogP contribution >= 0.6 is 15.9 Å². The Balaban J connectivity index is 1.65. The summed E-state index contributed by atoms with van der Waals surface area (Å²) in [5.74, 6) is -1.46. The highest BCUT2D eigenvalue weighted by Crippen LogP contribution is 2.46. The first kappa shape index (κ1) is 17.6. The smallest absolute Gasteiger partial charge is 0.320 e. The van der Waals surface area contributed by atoms with Crippen molar-refractivity contribution in [3.05, 3.63) is 52.1 Å². The van der Waals surface area contributed by atoms with Gasteiger partial charge < -0.3 is 10.1 Å². The van der Waals surface area contributed by atoms with Crippen molar-refractivity contribution in [1.82, 2.24) is 10.3 Å². The number of amides is 2. The lowest BCUT2D eigenvalue weighted by atomic mass is 10.1. The summed E-state index contributed by atoms with van der Waals surface area (Å²) in [6.07, 6.45) is 2.08. The molecule has 25 heavy (non-hydrogen) atoms. The molecule has 2 atom stereocenters. The molecule has 132 valence electrons. The minimum Gasteiger partial charge on any atom is -0.493 e. The summed E-state index contributed by atoms with van der Waals surface area (Å²) < 4.78 is 33.9. The number of carbonyl (C=O) groups excluding carboxylic acids is 1. The molecule has 0 saturated heterocycles. The first-order valence-electron chi connectivity index (χ1n) is 7.79. The summed E-state index contributed by atoms with van der Waals surface area (Å²) in [5.41, 5.74) is 0.175. The second-order valence-electron chi connectivity index (χ2n) is 5.61. The Morgan fingerprint density at radius 3 is 2.84 bits per heavy atom. The van der Waals surface area contributed by atoms with Gasteiger partial charge in [0.1, 0.15) is 11.6 Å². The molecule has 0 spiro atoms. The van der Waals surface area contributed by atoms with Crippen molar-refractivity contribution in [3.63, 3.8) is 0 Å². The van der Waals surface area contributed by atoms with Crippen molar-refractivity contribution in [2.45, 2.75) is 25.3 Å². The van der Waals surface area contributed by atoms with E-state index in [2.05, 4.69) is 31.5 Å². The van der Waals surface area contributed by atoms with E-state index in [1.54, 1.807) is 25.3 Å². The van der Waals surface area contributed by atoms with E-state index in [1.807, 2.05) is 0 Å². The fourth-order valence-electron chi connectivity index (χ4n) is 2.62. The number of ether oxygens (including phenoxy) is 1. The van der Waals surface area contributed by atoms with E-state index in [0.29, 0.717) is 24.6 Å². The molecule has 1 aliphatic carbocycles. The Hall–Kier alpha value is -2.22. The molecule has 3 rings (SSSR count). The highest BCUT2D eigenvalue weighted by atomic mass is 79.9. The van der Waals surface area contributed by atoms with Gasteiger partial charge in [0.05, 0.1) is 6.61 Å². The van der Waals surface area contributed by atoms with Crippen molar-refractivity contribution < 1.29 is 18.3 Å². The number of urea groups is 1. The lowest BCUT2D eigenvalue weighted by Crippen LogP contribution is -2.31. The van der Waals surface area contributed by atoms with E-state index in [-0.39, 0.29) is 17.5 Å². The van der Waals surface area contributed by atoms with E-state index in [4.69, 9.17) is 4.74 Å². The van der Waals surface area contributed by atoms with Crippen LogP contribution in [0.25, 0.3) is 0 Å². The van der Waals surface area contributed by atoms with Gasteiger partial charge in [-0.1, -0.05) is 0 Å². The summed E-state index contributed by atoms with van der Waals surface area (Å²) in [6, 6.07) is 5.12. The van der Waals surface area contributed by atoms with Crippen molar-refractivity contribution in [3.8, 4) is 5.75 Å². The number of rotatable bonds is 5. The number of nitrogens with zero attached hydrogens (tertiary/aromatic N) is 1. The quantitative estimate of drug-likeness (QED) is 0.774. The lowest BCUT2D eigenvalue weighted by molar-refractivity contribution is 0.251. The van der Waals surface area contributed by atoms with Crippen LogP contribution in [-0.4, -0.2) is 23.7 Å². The van der Waals surface area contributed by atoms with Crippen molar-refractivity contribution in [2.75, 3.05) is 11.9 Å². The third-order valence-corrected chi connectivity index (χ3v) is 4.31. The van der Waals surface area contributed by atoms with Gasteiger partial charge in [0.25, 0.3) is 0 Å². The molecule has 1 fully saturated rings. The number of anilines is 1. The van der Waals surface area contributed by atoms with E-state index in [0.717, 1.165) is 10.5 Å². The molecule has 0 aliphatic heterocycles. The molecule has 0 radical (unpaired) electrons. The summed E-state index contributed by atoms with van der Waals surface area (Å²) in [5, 5.41) is 5.33. The van der Waals surface area contributed by atoms with Gasteiger partial charge in [0.15, 0.2) is 11.6 Å². The molecule has 1 saturated carbocycles. The van der Waals surface area contributed by atoms with Crippen LogP contribution in [-0.2, 0) is 0 Å². The second kappa shape index (κ2) is 7.35. The van der Waals surface area contributed by atoms with Gasteiger partial charge in [-0.25, -0.2) is 18.6 Å². The summed E-state index contributed by atoms with van der Waals surface area (Å²) in [6.45, 7) is 2.12. The van der Waals surface area contributed by atoms with Gasteiger partial charge in [-0.3, -0.25) is 5.32 Å². The average Bonchev–Trinajstić information content (AvgIpc) is 3.32. The number of halogens is 3. The largest absolute Gasteiger partial charge is 0.493 e. The highest BCUT2D eigenvalue weighted by Gasteiger charge is 2.43. The minimum absolute atomic E-state index is 0.175. The fourth-order valence-corrected chi connectivity index (χ4v) is 2.85. The number of nitrogens with one attached hydrogen (secondary N) is 2. The number of hydrogen-bond acceptors (Lipinski definition) is 3. The number of hydrogen-bond donors (Lipinski definition) is 2. The molecular formula is C17H16BrF2N3O2. The number of pyridine rings is 1. The lowest BCUT2D eigenvalue weighted by Gasteiger charge is -2.12. The van der Waals surface area contributed by atoms with Crippen LogP contribution in [0.3, 0.4) is 0 Å². The molecule has 0 bridgehead atoms. The molecule has 8 heteroatoms. The van der Waals surface area contributed by atoms with Crippen LogP contribution < -0.4 is 15.4 Å². The zero-order valence-corrected chi connectivity index (χ0v) is 14.9. The third-order valence-electron chi connectivity index (χ3n) is 3.84. The zero-order valence-electron chi connectivity index (χ0n) is 13.4. The van der Waals surface area contributed by atoms with Gasteiger partial charge >= 0.3 is 6.03 Å². The topological polar surface area (TPSA) is 63.2 Å². The zero-order chi connectivity index (χ0) is 18.0. The molecule has 2 amide bonds. The Labute approximate surface area is 151 Å². The van der Waals surface area contributed by atoms with Gasteiger partial charge in [-0.05, 0) is 53.5 Å². The molecular weight excluding hydrogens is 396 g/mol. The van der Waals surface area contributed by atoms with Crippen LogP contribution in [0.4, 0.5) is 19.4 Å². The molecule has 0 unspecified atom stereocenters. The van der Waals surface area contributed by atoms with Gasteiger partial charge in [-0.15, -0.1) is 0 Å². The van der Waals surface area contributed by atoms with Gasteiger partial charge in [-0.2, -0.15) is 0 Å². The molecule has 1 heterocycles. The maximum atomic E-state index is 14.2. The van der Waals surface area contributed by atoms with Crippen LogP contribution in [0.2, 0.25) is 0 Å². The summed E-state index contributed by atoms with van der Waals surface area (Å²) >= 11 is 3.26. The van der Waals surface area contributed by atoms with Gasteiger partial charge in [0, 0.05) is 28.2 Å².